The third kappa shape index (κ3) is 4.06. The molecule has 0 fully saturated rings. The summed E-state index contributed by atoms with van der Waals surface area (Å²) in [6.45, 7) is 1.86. The monoisotopic (exact) mass is 270 g/mol. The van der Waals surface area contributed by atoms with Crippen LogP contribution in [0.1, 0.15) is 17.3 Å². The summed E-state index contributed by atoms with van der Waals surface area (Å²) in [5.41, 5.74) is 3.17. The number of rotatable bonds is 5. The van der Waals surface area contributed by atoms with Crippen molar-refractivity contribution >= 4 is 34.4 Å². The number of anilines is 1. The van der Waals surface area contributed by atoms with Crippen LogP contribution in [0.25, 0.3) is 0 Å². The second-order valence-corrected chi connectivity index (χ2v) is 3.48. The van der Waals surface area contributed by atoms with E-state index >= 15 is 0 Å². The number of aromatic carboxylic acids is 1. The maximum atomic E-state index is 11.1. The Labute approximate surface area is 108 Å². The molecule has 7 heteroatoms. The van der Waals surface area contributed by atoms with Crippen molar-refractivity contribution in [3.63, 3.8) is 0 Å². The molecule has 0 aliphatic rings. The average molecular weight is 271 g/mol. The normalized spacial score (nSPS) is 10.9. The van der Waals surface area contributed by atoms with E-state index in [2.05, 4.69) is 15.3 Å². The summed E-state index contributed by atoms with van der Waals surface area (Å²) in [5.74, 6) is -1.75. The summed E-state index contributed by atoms with van der Waals surface area (Å²) in [6.07, 6.45) is 0. The molecule has 0 saturated heterocycles. The summed E-state index contributed by atoms with van der Waals surface area (Å²) >= 11 is 5.56. The highest BCUT2D eigenvalue weighted by Crippen LogP contribution is 2.09. The van der Waals surface area contributed by atoms with Crippen molar-refractivity contribution in [2.24, 2.45) is 5.10 Å². The van der Waals surface area contributed by atoms with Gasteiger partial charge in [-0.2, -0.15) is 5.10 Å². The standard InChI is InChI=1S/C11H11ClN2O4/c1-2-18-11(17)9(12)14-13-8-5-3-7(4-6-8)10(15)16/h3-6,13H,2H2,1H3,(H,15,16)/b14-9-. The number of hydrogen-bond donors (Lipinski definition) is 2. The van der Waals surface area contributed by atoms with E-state index in [-0.39, 0.29) is 17.3 Å². The van der Waals surface area contributed by atoms with Crippen LogP contribution in [0.3, 0.4) is 0 Å². The second kappa shape index (κ2) is 6.61. The van der Waals surface area contributed by atoms with Crippen LogP contribution < -0.4 is 5.43 Å². The van der Waals surface area contributed by atoms with Crippen LogP contribution in [0.15, 0.2) is 29.4 Å². The van der Waals surface area contributed by atoms with Crippen LogP contribution >= 0.6 is 11.6 Å². The Morgan fingerprint density at radius 3 is 2.50 bits per heavy atom. The van der Waals surface area contributed by atoms with Gasteiger partial charge in [-0.05, 0) is 31.2 Å². The second-order valence-electron chi connectivity index (χ2n) is 3.12. The molecule has 0 saturated carbocycles. The molecule has 0 aliphatic carbocycles. The van der Waals surface area contributed by atoms with Gasteiger partial charge in [0.05, 0.1) is 17.9 Å². The van der Waals surface area contributed by atoms with E-state index in [1.807, 2.05) is 0 Å². The molecule has 1 aromatic rings. The molecule has 0 heterocycles. The molecule has 1 aromatic carbocycles. The van der Waals surface area contributed by atoms with Gasteiger partial charge in [-0.25, -0.2) is 9.59 Å². The van der Waals surface area contributed by atoms with Crippen LogP contribution in [-0.2, 0) is 9.53 Å². The van der Waals surface area contributed by atoms with Crippen LogP contribution in [0.4, 0.5) is 5.69 Å². The molecule has 0 unspecified atom stereocenters. The number of hydrazone groups is 1. The van der Waals surface area contributed by atoms with E-state index in [0.29, 0.717) is 5.69 Å². The van der Waals surface area contributed by atoms with E-state index in [1.165, 1.54) is 24.3 Å². The number of carbonyl (C=O) groups is 2. The van der Waals surface area contributed by atoms with E-state index in [4.69, 9.17) is 16.7 Å². The maximum Gasteiger partial charge on any atom is 0.370 e. The Morgan fingerprint density at radius 1 is 1.39 bits per heavy atom. The summed E-state index contributed by atoms with van der Waals surface area (Å²) in [6, 6.07) is 5.81. The minimum Gasteiger partial charge on any atom is -0.478 e. The maximum absolute atomic E-state index is 11.1. The molecule has 0 amide bonds. The summed E-state index contributed by atoms with van der Waals surface area (Å²) in [5, 5.41) is 12.0. The van der Waals surface area contributed by atoms with Gasteiger partial charge in [-0.3, -0.25) is 5.43 Å². The number of carboxylic acid groups (broad SMARTS) is 1. The topological polar surface area (TPSA) is 88.0 Å². The van der Waals surface area contributed by atoms with Gasteiger partial charge in [0.1, 0.15) is 0 Å². The zero-order valence-electron chi connectivity index (χ0n) is 9.51. The van der Waals surface area contributed by atoms with Gasteiger partial charge in [0.25, 0.3) is 0 Å². The molecule has 1 rings (SSSR count). The molecular formula is C11H11ClN2O4. The molecule has 2 N–H and O–H groups in total. The first-order valence-corrected chi connectivity index (χ1v) is 5.42. The first-order chi connectivity index (χ1) is 8.54. The van der Waals surface area contributed by atoms with Gasteiger partial charge in [0.2, 0.25) is 5.17 Å². The Hall–Kier alpha value is -2.08. The number of benzene rings is 1. The summed E-state index contributed by atoms with van der Waals surface area (Å²) in [4.78, 5) is 21.7. The van der Waals surface area contributed by atoms with Crippen LogP contribution in [-0.4, -0.2) is 28.8 Å². The molecule has 0 aromatic heterocycles. The smallest absolute Gasteiger partial charge is 0.370 e. The van der Waals surface area contributed by atoms with Gasteiger partial charge in [0.15, 0.2) is 0 Å². The summed E-state index contributed by atoms with van der Waals surface area (Å²) < 4.78 is 4.62. The van der Waals surface area contributed by atoms with Gasteiger partial charge in [-0.1, -0.05) is 11.6 Å². The Balaban J connectivity index is 2.65. The SMILES string of the molecule is CCOC(=O)/C(Cl)=N/Nc1ccc(C(=O)O)cc1. The lowest BCUT2D eigenvalue weighted by Gasteiger charge is -2.02. The van der Waals surface area contributed by atoms with Gasteiger partial charge < -0.3 is 9.84 Å². The number of carboxylic acids is 1. The van der Waals surface area contributed by atoms with Crippen molar-refractivity contribution in [1.29, 1.82) is 0 Å². The predicted octanol–water partition coefficient (Wildman–Crippen LogP) is 1.91. The van der Waals surface area contributed by atoms with E-state index in [1.54, 1.807) is 6.92 Å². The van der Waals surface area contributed by atoms with Gasteiger partial charge in [0, 0.05) is 0 Å². The van der Waals surface area contributed by atoms with Crippen molar-refractivity contribution < 1.29 is 19.4 Å². The highest BCUT2D eigenvalue weighted by atomic mass is 35.5. The number of ether oxygens (including phenoxy) is 1. The van der Waals surface area contributed by atoms with Crippen molar-refractivity contribution in [3.05, 3.63) is 29.8 Å². The number of esters is 1. The Bertz CT molecular complexity index is 470. The zero-order chi connectivity index (χ0) is 13.5. The van der Waals surface area contributed by atoms with Gasteiger partial charge in [-0.15, -0.1) is 0 Å². The predicted molar refractivity (Wildman–Crippen MR) is 66.9 cm³/mol. The minimum atomic E-state index is -1.02. The molecular weight excluding hydrogens is 260 g/mol. The molecule has 0 radical (unpaired) electrons. The largest absolute Gasteiger partial charge is 0.478 e. The van der Waals surface area contributed by atoms with Crippen LogP contribution in [0, 0.1) is 0 Å². The third-order valence-electron chi connectivity index (χ3n) is 1.86. The lowest BCUT2D eigenvalue weighted by atomic mass is 10.2. The minimum absolute atomic E-state index is 0.154. The molecule has 18 heavy (non-hydrogen) atoms. The van der Waals surface area contributed by atoms with Crippen molar-refractivity contribution in [2.45, 2.75) is 6.92 Å². The summed E-state index contributed by atoms with van der Waals surface area (Å²) in [7, 11) is 0. The lowest BCUT2D eigenvalue weighted by molar-refractivity contribution is -0.134. The van der Waals surface area contributed by atoms with Crippen molar-refractivity contribution in [2.75, 3.05) is 12.0 Å². The highest BCUT2D eigenvalue weighted by molar-refractivity contribution is 6.82. The van der Waals surface area contributed by atoms with Crippen LogP contribution in [0.2, 0.25) is 0 Å². The molecule has 6 nitrogen and oxygen atoms in total. The number of carbonyl (C=O) groups excluding carboxylic acids is 1. The first kappa shape index (κ1) is 14.0. The molecule has 0 atom stereocenters. The van der Waals surface area contributed by atoms with Crippen molar-refractivity contribution in [1.82, 2.24) is 0 Å². The van der Waals surface area contributed by atoms with E-state index in [0.717, 1.165) is 0 Å². The fraction of sp³-hybridized carbons (Fsp3) is 0.182. The van der Waals surface area contributed by atoms with E-state index < -0.39 is 11.9 Å². The Kier molecular flexibility index (Phi) is 5.13. The molecule has 0 spiro atoms. The number of halogens is 1. The number of hydrogen-bond acceptors (Lipinski definition) is 5. The van der Waals surface area contributed by atoms with Crippen molar-refractivity contribution in [3.8, 4) is 0 Å². The Morgan fingerprint density at radius 2 is 2.00 bits per heavy atom. The van der Waals surface area contributed by atoms with Crippen LogP contribution in [0.5, 0.6) is 0 Å². The molecule has 96 valence electrons. The molecule has 0 bridgehead atoms. The lowest BCUT2D eigenvalue weighted by Crippen LogP contribution is -2.13. The zero-order valence-corrected chi connectivity index (χ0v) is 10.3. The van der Waals surface area contributed by atoms with Gasteiger partial charge >= 0.3 is 11.9 Å². The van der Waals surface area contributed by atoms with E-state index in [9.17, 15) is 9.59 Å². The first-order valence-electron chi connectivity index (χ1n) is 5.04. The highest BCUT2D eigenvalue weighted by Gasteiger charge is 2.08. The fourth-order valence-electron chi connectivity index (χ4n) is 1.04. The number of nitrogens with one attached hydrogen (secondary N) is 1. The molecule has 0 aliphatic heterocycles. The average Bonchev–Trinajstić information content (AvgIpc) is 2.36. The third-order valence-corrected chi connectivity index (χ3v) is 2.10. The quantitative estimate of drug-likeness (QED) is 0.485. The fourth-order valence-corrected chi connectivity index (χ4v) is 1.13. The number of nitrogens with zero attached hydrogens (tertiary/aromatic N) is 1.